The standard InChI is InChI=1S/C19H32N2O9/c1-2-3-4-5-6-7-12-30-16(24)11-9-14(18(27)28)21-19(29)20-13(17(25)26)8-10-15(22)23/h13-14H,2-12H2,1H3,(H,22,23)(H,25,26)(H,27,28)(H2,20,21,29)/t13-,14-/m0/s1. The molecule has 11 nitrogen and oxygen atoms in total. The van der Waals surface area contributed by atoms with E-state index in [4.69, 9.17) is 14.9 Å². The van der Waals surface area contributed by atoms with Crippen LogP contribution in [0.3, 0.4) is 0 Å². The molecule has 2 atom stereocenters. The first-order valence-corrected chi connectivity index (χ1v) is 10.1. The molecule has 0 bridgehead atoms. The molecule has 0 heterocycles. The van der Waals surface area contributed by atoms with E-state index in [1.165, 1.54) is 6.42 Å². The van der Waals surface area contributed by atoms with Crippen LogP contribution in [0.2, 0.25) is 0 Å². The van der Waals surface area contributed by atoms with Crippen LogP contribution in [0.1, 0.15) is 71.1 Å². The molecule has 0 aliphatic heterocycles. The van der Waals surface area contributed by atoms with E-state index in [2.05, 4.69) is 12.2 Å². The molecule has 11 heteroatoms. The average Bonchev–Trinajstić information content (AvgIpc) is 2.66. The molecule has 0 radical (unpaired) electrons. The van der Waals surface area contributed by atoms with Gasteiger partial charge in [0.1, 0.15) is 12.1 Å². The molecule has 0 aliphatic carbocycles. The van der Waals surface area contributed by atoms with Gasteiger partial charge in [-0.2, -0.15) is 0 Å². The number of nitrogens with one attached hydrogen (secondary N) is 2. The molecule has 0 aromatic carbocycles. The van der Waals surface area contributed by atoms with Crippen LogP contribution in [0.25, 0.3) is 0 Å². The summed E-state index contributed by atoms with van der Waals surface area (Å²) in [5, 5.41) is 30.9. The lowest BCUT2D eigenvalue weighted by atomic mass is 10.1. The third-order valence-electron chi connectivity index (χ3n) is 4.25. The summed E-state index contributed by atoms with van der Waals surface area (Å²) in [5.41, 5.74) is 0. The molecule has 0 saturated heterocycles. The second kappa shape index (κ2) is 16.0. The maximum absolute atomic E-state index is 11.9. The van der Waals surface area contributed by atoms with Gasteiger partial charge in [0.05, 0.1) is 6.61 Å². The molecule has 2 amide bonds. The number of carboxylic acid groups (broad SMARTS) is 3. The number of ether oxygens (including phenoxy) is 1. The van der Waals surface area contributed by atoms with Gasteiger partial charge in [-0.15, -0.1) is 0 Å². The highest BCUT2D eigenvalue weighted by molar-refractivity contribution is 5.86. The lowest BCUT2D eigenvalue weighted by molar-refractivity contribution is -0.145. The summed E-state index contributed by atoms with van der Waals surface area (Å²) in [5.74, 6) is -4.66. The number of unbranched alkanes of at least 4 members (excludes halogenated alkanes) is 5. The van der Waals surface area contributed by atoms with Crippen molar-refractivity contribution in [3.05, 3.63) is 0 Å². The van der Waals surface area contributed by atoms with E-state index in [1.54, 1.807) is 0 Å². The molecule has 0 spiro atoms. The van der Waals surface area contributed by atoms with E-state index in [9.17, 15) is 29.1 Å². The van der Waals surface area contributed by atoms with Crippen LogP contribution in [0, 0.1) is 0 Å². The summed E-state index contributed by atoms with van der Waals surface area (Å²) >= 11 is 0. The minimum Gasteiger partial charge on any atom is -0.481 e. The Morgan fingerprint density at radius 1 is 0.767 bits per heavy atom. The second-order valence-electron chi connectivity index (χ2n) is 6.86. The zero-order chi connectivity index (χ0) is 22.9. The zero-order valence-corrected chi connectivity index (χ0v) is 17.2. The van der Waals surface area contributed by atoms with Crippen molar-refractivity contribution in [3.8, 4) is 0 Å². The minimum absolute atomic E-state index is 0.228. The molecule has 0 saturated carbocycles. The van der Waals surface area contributed by atoms with Crippen molar-refractivity contribution < 1.29 is 44.0 Å². The zero-order valence-electron chi connectivity index (χ0n) is 17.2. The fraction of sp³-hybridized carbons (Fsp3) is 0.737. The Morgan fingerprint density at radius 2 is 1.27 bits per heavy atom. The Bertz CT molecular complexity index is 580. The first-order valence-electron chi connectivity index (χ1n) is 10.1. The molecule has 5 N–H and O–H groups in total. The molecule has 0 aromatic heterocycles. The van der Waals surface area contributed by atoms with Gasteiger partial charge < -0.3 is 30.7 Å². The van der Waals surface area contributed by atoms with Crippen molar-refractivity contribution in [2.75, 3.05) is 6.61 Å². The number of rotatable bonds is 17. The normalized spacial score (nSPS) is 12.4. The third-order valence-corrected chi connectivity index (χ3v) is 4.25. The highest BCUT2D eigenvalue weighted by atomic mass is 16.5. The van der Waals surface area contributed by atoms with Crippen molar-refractivity contribution in [3.63, 3.8) is 0 Å². The molecular formula is C19H32N2O9. The van der Waals surface area contributed by atoms with Crippen LogP contribution in [-0.4, -0.2) is 63.9 Å². The van der Waals surface area contributed by atoms with E-state index in [0.717, 1.165) is 32.1 Å². The van der Waals surface area contributed by atoms with Gasteiger partial charge in [-0.05, 0) is 19.3 Å². The lowest BCUT2D eigenvalue weighted by Gasteiger charge is -2.18. The van der Waals surface area contributed by atoms with Crippen LogP contribution in [0.4, 0.5) is 4.79 Å². The van der Waals surface area contributed by atoms with E-state index in [-0.39, 0.29) is 25.9 Å². The highest BCUT2D eigenvalue weighted by Crippen LogP contribution is 2.06. The van der Waals surface area contributed by atoms with Crippen LogP contribution < -0.4 is 10.6 Å². The highest BCUT2D eigenvalue weighted by Gasteiger charge is 2.25. The van der Waals surface area contributed by atoms with Crippen molar-refractivity contribution in [1.82, 2.24) is 10.6 Å². The van der Waals surface area contributed by atoms with Gasteiger partial charge in [-0.25, -0.2) is 14.4 Å². The Balaban J connectivity index is 4.31. The molecule has 30 heavy (non-hydrogen) atoms. The maximum atomic E-state index is 11.9. The number of carbonyl (C=O) groups is 5. The number of aliphatic carboxylic acids is 3. The Hall–Kier alpha value is -2.85. The largest absolute Gasteiger partial charge is 0.481 e. The van der Waals surface area contributed by atoms with Crippen LogP contribution in [-0.2, 0) is 23.9 Å². The van der Waals surface area contributed by atoms with Gasteiger partial charge >= 0.3 is 29.9 Å². The average molecular weight is 432 g/mol. The fourth-order valence-electron chi connectivity index (χ4n) is 2.54. The number of carbonyl (C=O) groups excluding carboxylic acids is 2. The number of esters is 1. The summed E-state index contributed by atoms with van der Waals surface area (Å²) in [6.07, 6.45) is 4.89. The first-order chi connectivity index (χ1) is 14.2. The SMILES string of the molecule is CCCCCCCCOC(=O)CC[C@H](NC(=O)N[C@@H](CCC(=O)O)C(=O)O)C(=O)O. The number of hydrogen-bond donors (Lipinski definition) is 5. The second-order valence-corrected chi connectivity index (χ2v) is 6.86. The molecule has 0 aliphatic rings. The van der Waals surface area contributed by atoms with Crippen molar-refractivity contribution in [2.45, 2.75) is 83.2 Å². The molecular weight excluding hydrogens is 400 g/mol. The van der Waals surface area contributed by atoms with Crippen LogP contribution in [0.5, 0.6) is 0 Å². The summed E-state index contributed by atoms with van der Waals surface area (Å²) in [6.45, 7) is 2.37. The van der Waals surface area contributed by atoms with Gasteiger partial charge in [0, 0.05) is 12.8 Å². The molecule has 0 fully saturated rings. The monoisotopic (exact) mass is 432 g/mol. The van der Waals surface area contributed by atoms with Crippen molar-refractivity contribution >= 4 is 29.9 Å². The summed E-state index contributed by atoms with van der Waals surface area (Å²) < 4.78 is 5.04. The van der Waals surface area contributed by atoms with E-state index >= 15 is 0 Å². The smallest absolute Gasteiger partial charge is 0.326 e. The number of amides is 2. The quantitative estimate of drug-likeness (QED) is 0.169. The topological polar surface area (TPSA) is 179 Å². The summed E-state index contributed by atoms with van der Waals surface area (Å²) in [7, 11) is 0. The Labute approximate surface area is 175 Å². The molecule has 0 aromatic rings. The summed E-state index contributed by atoms with van der Waals surface area (Å²) in [4.78, 5) is 56.5. The van der Waals surface area contributed by atoms with Crippen molar-refractivity contribution in [2.24, 2.45) is 0 Å². The van der Waals surface area contributed by atoms with Crippen molar-refractivity contribution in [1.29, 1.82) is 0 Å². The molecule has 0 rings (SSSR count). The van der Waals surface area contributed by atoms with E-state index in [0.29, 0.717) is 0 Å². The lowest BCUT2D eigenvalue weighted by Crippen LogP contribution is -2.51. The number of urea groups is 1. The molecule has 172 valence electrons. The van der Waals surface area contributed by atoms with Gasteiger partial charge in [0.2, 0.25) is 0 Å². The van der Waals surface area contributed by atoms with E-state index in [1.807, 2.05) is 5.32 Å². The van der Waals surface area contributed by atoms with E-state index < -0.39 is 48.4 Å². The Kier molecular flexibility index (Phi) is 14.5. The third kappa shape index (κ3) is 14.2. The van der Waals surface area contributed by atoms with Gasteiger partial charge in [0.25, 0.3) is 0 Å². The number of hydrogen-bond acceptors (Lipinski definition) is 6. The fourth-order valence-corrected chi connectivity index (χ4v) is 2.54. The Morgan fingerprint density at radius 3 is 1.77 bits per heavy atom. The van der Waals surface area contributed by atoms with Crippen LogP contribution in [0.15, 0.2) is 0 Å². The maximum Gasteiger partial charge on any atom is 0.326 e. The van der Waals surface area contributed by atoms with Gasteiger partial charge in [-0.1, -0.05) is 39.0 Å². The predicted molar refractivity (Wildman–Crippen MR) is 105 cm³/mol. The van der Waals surface area contributed by atoms with Crippen LogP contribution >= 0.6 is 0 Å². The van der Waals surface area contributed by atoms with Gasteiger partial charge in [-0.3, -0.25) is 9.59 Å². The first kappa shape index (κ1) is 27.1. The molecule has 0 unspecified atom stereocenters. The minimum atomic E-state index is -1.49. The predicted octanol–water partition coefficient (Wildman–Crippen LogP) is 1.74. The van der Waals surface area contributed by atoms with Gasteiger partial charge in [0.15, 0.2) is 0 Å². The summed E-state index contributed by atoms with van der Waals surface area (Å²) in [6, 6.07) is -4.00. The number of carboxylic acids is 3.